The van der Waals surface area contributed by atoms with Crippen LogP contribution in [0.2, 0.25) is 0 Å². The van der Waals surface area contributed by atoms with Crippen molar-refractivity contribution in [3.05, 3.63) is 249 Å². The molecule has 0 saturated heterocycles. The third-order valence-electron chi connectivity index (χ3n) is 13.2. The van der Waals surface area contributed by atoms with Crippen molar-refractivity contribution in [2.24, 2.45) is 0 Å². The van der Waals surface area contributed by atoms with Crippen LogP contribution in [0.15, 0.2) is 249 Å². The van der Waals surface area contributed by atoms with E-state index < -0.39 is 0 Å². The van der Waals surface area contributed by atoms with Crippen LogP contribution in [0.1, 0.15) is 0 Å². The van der Waals surface area contributed by atoms with E-state index in [-0.39, 0.29) is 0 Å². The molecule has 13 aromatic rings. The maximum atomic E-state index is 5.43. The highest BCUT2D eigenvalue weighted by Crippen LogP contribution is 2.42. The molecule has 5 nitrogen and oxygen atoms in total. The van der Waals surface area contributed by atoms with Gasteiger partial charge >= 0.3 is 0 Å². The Hall–Kier alpha value is -9.19. The molecule has 0 amide bonds. The van der Waals surface area contributed by atoms with Crippen LogP contribution < -0.4 is 0 Å². The zero-order valence-electron chi connectivity index (χ0n) is 36.9. The standard InChI is InChI=1S/C63H41N5/c1-4-18-42(19-5-1)44-22-14-24-46(38-44)48-26-16-28-50(40-48)61-64-62(51-29-17-27-49(41-51)47-25-15-23-45(39-47)43-20-6-2-7-21-43)66-63(65-61)68-57-35-13-11-33-55(57)59-58(68)37-36-54-53-32-10-12-34-56(53)67(60(54)59)52-30-8-3-9-31-52/h1-41H. The van der Waals surface area contributed by atoms with Crippen molar-refractivity contribution >= 4 is 43.6 Å². The summed E-state index contributed by atoms with van der Waals surface area (Å²) in [6.45, 7) is 0. The van der Waals surface area contributed by atoms with Crippen molar-refractivity contribution in [1.82, 2.24) is 24.1 Å². The monoisotopic (exact) mass is 867 g/mol. The molecule has 0 N–H and O–H groups in total. The van der Waals surface area contributed by atoms with Gasteiger partial charge < -0.3 is 4.57 Å². The highest BCUT2D eigenvalue weighted by Gasteiger charge is 2.23. The molecular weight excluding hydrogens is 827 g/mol. The van der Waals surface area contributed by atoms with Gasteiger partial charge in [0.2, 0.25) is 5.95 Å². The Morgan fingerprint density at radius 1 is 0.250 bits per heavy atom. The van der Waals surface area contributed by atoms with E-state index in [1.807, 2.05) is 0 Å². The van der Waals surface area contributed by atoms with Crippen molar-refractivity contribution in [2.75, 3.05) is 0 Å². The average molecular weight is 868 g/mol. The molecule has 0 aliphatic rings. The zero-order valence-corrected chi connectivity index (χ0v) is 36.9. The van der Waals surface area contributed by atoms with Crippen molar-refractivity contribution in [2.45, 2.75) is 0 Å². The van der Waals surface area contributed by atoms with Gasteiger partial charge in [0.25, 0.3) is 0 Å². The second-order valence-electron chi connectivity index (χ2n) is 17.2. The Kier molecular flexibility index (Phi) is 9.43. The molecule has 0 aliphatic heterocycles. The van der Waals surface area contributed by atoms with Crippen molar-refractivity contribution in [1.29, 1.82) is 0 Å². The van der Waals surface area contributed by atoms with Gasteiger partial charge in [0.1, 0.15) is 0 Å². The zero-order chi connectivity index (χ0) is 45.0. The summed E-state index contributed by atoms with van der Waals surface area (Å²) >= 11 is 0. The number of fused-ring (bicyclic) bond motifs is 7. The lowest BCUT2D eigenvalue weighted by atomic mass is 9.97. The molecule has 0 atom stereocenters. The maximum Gasteiger partial charge on any atom is 0.238 e. The molecular formula is C63H41N5. The summed E-state index contributed by atoms with van der Waals surface area (Å²) < 4.78 is 4.64. The molecule has 3 aromatic heterocycles. The van der Waals surface area contributed by atoms with E-state index in [0.717, 1.165) is 71.9 Å². The Morgan fingerprint density at radius 3 is 1.18 bits per heavy atom. The van der Waals surface area contributed by atoms with Crippen LogP contribution >= 0.6 is 0 Å². The lowest BCUT2D eigenvalue weighted by Crippen LogP contribution is -2.06. The molecule has 5 heteroatoms. The van der Waals surface area contributed by atoms with E-state index in [9.17, 15) is 0 Å². The number of hydrogen-bond acceptors (Lipinski definition) is 3. The highest BCUT2D eigenvalue weighted by atomic mass is 15.2. The van der Waals surface area contributed by atoms with Gasteiger partial charge in [-0.25, -0.2) is 4.98 Å². The Labute approximate surface area is 393 Å². The largest absolute Gasteiger partial charge is 0.309 e. The van der Waals surface area contributed by atoms with Crippen molar-refractivity contribution in [3.8, 4) is 78.9 Å². The summed E-state index contributed by atoms with van der Waals surface area (Å²) in [5.41, 5.74) is 16.3. The Bertz CT molecular complexity index is 3870. The Morgan fingerprint density at radius 2 is 0.647 bits per heavy atom. The first-order valence-corrected chi connectivity index (χ1v) is 23.0. The molecule has 13 rings (SSSR count). The fourth-order valence-corrected chi connectivity index (χ4v) is 9.99. The summed E-state index contributed by atoms with van der Waals surface area (Å²) in [6, 6.07) is 88.1. The van der Waals surface area contributed by atoms with Crippen LogP contribution in [0.5, 0.6) is 0 Å². The predicted molar refractivity (Wildman–Crippen MR) is 281 cm³/mol. The SMILES string of the molecule is c1ccc(-c2cccc(-c3cccc(-c4nc(-c5cccc(-c6cccc(-c7ccccc7)c6)c5)nc(-n5c6ccccc6c6c5ccc5c7ccccc7n(-c7ccccc7)c56)n4)c3)c2)cc1. The summed E-state index contributed by atoms with van der Waals surface area (Å²) in [5.74, 6) is 1.73. The molecule has 0 fully saturated rings. The second kappa shape index (κ2) is 16.4. The minimum absolute atomic E-state index is 0.547. The normalized spacial score (nSPS) is 11.5. The number of para-hydroxylation sites is 3. The molecule has 0 bridgehead atoms. The van der Waals surface area contributed by atoms with Gasteiger partial charge in [-0.1, -0.05) is 194 Å². The summed E-state index contributed by atoms with van der Waals surface area (Å²) in [6.07, 6.45) is 0. The first-order chi connectivity index (χ1) is 33.7. The third-order valence-corrected chi connectivity index (χ3v) is 13.2. The molecule has 0 radical (unpaired) electrons. The van der Waals surface area contributed by atoms with E-state index in [1.165, 1.54) is 33.0 Å². The topological polar surface area (TPSA) is 48.5 Å². The smallest absolute Gasteiger partial charge is 0.238 e. The summed E-state index contributed by atoms with van der Waals surface area (Å²) in [4.78, 5) is 16.2. The van der Waals surface area contributed by atoms with Gasteiger partial charge in [-0.3, -0.25) is 4.57 Å². The van der Waals surface area contributed by atoms with Gasteiger partial charge in [-0.05, 0) is 99.1 Å². The minimum Gasteiger partial charge on any atom is -0.309 e. The first kappa shape index (κ1) is 39.2. The average Bonchev–Trinajstić information content (AvgIpc) is 3.95. The molecule has 0 unspecified atom stereocenters. The molecule has 68 heavy (non-hydrogen) atoms. The van der Waals surface area contributed by atoms with E-state index in [2.05, 4.69) is 258 Å². The highest BCUT2D eigenvalue weighted by molar-refractivity contribution is 6.26. The van der Waals surface area contributed by atoms with E-state index in [0.29, 0.717) is 17.6 Å². The van der Waals surface area contributed by atoms with Crippen LogP contribution in [0.4, 0.5) is 0 Å². The molecule has 10 aromatic carbocycles. The van der Waals surface area contributed by atoms with Gasteiger partial charge in [0, 0.05) is 38.4 Å². The van der Waals surface area contributed by atoms with E-state index in [4.69, 9.17) is 15.0 Å². The number of benzene rings is 10. The Balaban J connectivity index is 1.04. The van der Waals surface area contributed by atoms with E-state index >= 15 is 0 Å². The fourth-order valence-electron chi connectivity index (χ4n) is 9.99. The van der Waals surface area contributed by atoms with Crippen molar-refractivity contribution in [3.63, 3.8) is 0 Å². The quantitative estimate of drug-likeness (QED) is 0.153. The number of nitrogens with zero attached hydrogens (tertiary/aromatic N) is 5. The van der Waals surface area contributed by atoms with Gasteiger partial charge in [0.15, 0.2) is 11.6 Å². The van der Waals surface area contributed by atoms with Crippen LogP contribution in [0.3, 0.4) is 0 Å². The molecule has 0 spiro atoms. The van der Waals surface area contributed by atoms with Gasteiger partial charge in [-0.2, -0.15) is 9.97 Å². The number of aromatic nitrogens is 5. The van der Waals surface area contributed by atoms with Crippen LogP contribution in [-0.2, 0) is 0 Å². The van der Waals surface area contributed by atoms with Gasteiger partial charge in [-0.15, -0.1) is 0 Å². The predicted octanol–water partition coefficient (Wildman–Crippen LogP) is 16.1. The van der Waals surface area contributed by atoms with Crippen LogP contribution in [-0.4, -0.2) is 24.1 Å². The molecule has 0 saturated carbocycles. The van der Waals surface area contributed by atoms with Gasteiger partial charge in [0.05, 0.1) is 22.1 Å². The minimum atomic E-state index is 0.547. The second-order valence-corrected chi connectivity index (χ2v) is 17.2. The lowest BCUT2D eigenvalue weighted by Gasteiger charge is -2.13. The molecule has 3 heterocycles. The lowest BCUT2D eigenvalue weighted by molar-refractivity contribution is 0.953. The molecule has 318 valence electrons. The summed E-state index contributed by atoms with van der Waals surface area (Å²) in [7, 11) is 0. The van der Waals surface area contributed by atoms with Crippen LogP contribution in [0.25, 0.3) is 123 Å². The van der Waals surface area contributed by atoms with E-state index in [1.54, 1.807) is 0 Å². The first-order valence-electron chi connectivity index (χ1n) is 23.0. The molecule has 0 aliphatic carbocycles. The summed E-state index contributed by atoms with van der Waals surface area (Å²) in [5, 5.41) is 4.66. The number of hydrogen-bond donors (Lipinski definition) is 0. The third kappa shape index (κ3) is 6.76. The fraction of sp³-hybridized carbons (Fsp3) is 0. The maximum absolute atomic E-state index is 5.43. The van der Waals surface area contributed by atoms with Crippen molar-refractivity contribution < 1.29 is 0 Å². The van der Waals surface area contributed by atoms with Crippen LogP contribution in [0, 0.1) is 0 Å². The number of rotatable bonds is 8.